The van der Waals surface area contributed by atoms with E-state index in [0.29, 0.717) is 5.54 Å². The third-order valence-electron chi connectivity index (χ3n) is 2.39. The van der Waals surface area contributed by atoms with Crippen molar-refractivity contribution in [2.45, 2.75) is 24.8 Å². The Morgan fingerprint density at radius 1 is 1.42 bits per heavy atom. The molecule has 2 nitrogen and oxygen atoms in total. The summed E-state index contributed by atoms with van der Waals surface area (Å²) in [5.41, 5.74) is 0.327. The van der Waals surface area contributed by atoms with Crippen LogP contribution in [0.15, 0.2) is 0 Å². The molecule has 12 heavy (non-hydrogen) atoms. The lowest BCUT2D eigenvalue weighted by atomic mass is 10.3. The number of rotatable bonds is 6. The Labute approximate surface area is 80.3 Å². The largest absolute Gasteiger partial charge is 0.310 e. The zero-order valence-electron chi connectivity index (χ0n) is 8.07. The predicted molar refractivity (Wildman–Crippen MR) is 53.9 cm³/mol. The number of nitrogens with zero attached hydrogens (tertiary/aromatic N) is 1. The number of halogens is 1. The molecule has 0 radical (unpaired) electrons. The van der Waals surface area contributed by atoms with Crippen molar-refractivity contribution in [3.63, 3.8) is 0 Å². The summed E-state index contributed by atoms with van der Waals surface area (Å²) in [7, 11) is 4.21. The molecular weight excluding hydrogens is 172 g/mol. The molecule has 0 heterocycles. The lowest BCUT2D eigenvalue weighted by molar-refractivity contribution is 0.386. The average molecular weight is 191 g/mol. The summed E-state index contributed by atoms with van der Waals surface area (Å²) in [5, 5.41) is 3.52. The monoisotopic (exact) mass is 190 g/mol. The summed E-state index contributed by atoms with van der Waals surface area (Å²) in [6, 6.07) is 0. The maximum absolute atomic E-state index is 5.82. The van der Waals surface area contributed by atoms with Gasteiger partial charge in [0.15, 0.2) is 0 Å². The molecule has 3 heteroatoms. The molecule has 1 aliphatic rings. The molecule has 0 aromatic carbocycles. The molecule has 0 amide bonds. The van der Waals surface area contributed by atoms with Gasteiger partial charge in [-0.15, -0.1) is 11.6 Å². The maximum Gasteiger partial charge on any atom is 0.0406 e. The summed E-state index contributed by atoms with van der Waals surface area (Å²) in [5.74, 6) is 0.773. The second kappa shape index (κ2) is 4.45. The van der Waals surface area contributed by atoms with Crippen molar-refractivity contribution in [3.05, 3.63) is 0 Å². The number of hydrogen-bond acceptors (Lipinski definition) is 2. The lowest BCUT2D eigenvalue weighted by Crippen LogP contribution is -2.34. The molecule has 0 unspecified atom stereocenters. The van der Waals surface area contributed by atoms with Gasteiger partial charge in [-0.25, -0.2) is 0 Å². The van der Waals surface area contributed by atoms with E-state index in [4.69, 9.17) is 11.6 Å². The normalized spacial score (nSPS) is 20.0. The molecule has 0 atom stereocenters. The van der Waals surface area contributed by atoms with E-state index < -0.39 is 0 Å². The predicted octanol–water partition coefficient (Wildman–Crippen LogP) is 1.30. The van der Waals surface area contributed by atoms with Crippen LogP contribution < -0.4 is 5.32 Å². The van der Waals surface area contributed by atoms with Crippen LogP contribution in [-0.4, -0.2) is 43.5 Å². The number of alkyl halides is 1. The van der Waals surface area contributed by atoms with Crippen molar-refractivity contribution in [2.75, 3.05) is 33.1 Å². The van der Waals surface area contributed by atoms with Gasteiger partial charge in [0.1, 0.15) is 0 Å². The Kier molecular flexibility index (Phi) is 3.81. The van der Waals surface area contributed by atoms with Crippen molar-refractivity contribution in [3.8, 4) is 0 Å². The SMILES string of the molecule is CN(C)CCCNC1(CCl)CC1. The highest BCUT2D eigenvalue weighted by Gasteiger charge is 2.40. The zero-order chi connectivity index (χ0) is 9.03. The minimum atomic E-state index is 0.327. The van der Waals surface area contributed by atoms with Gasteiger partial charge in [-0.3, -0.25) is 0 Å². The van der Waals surface area contributed by atoms with E-state index in [-0.39, 0.29) is 0 Å². The van der Waals surface area contributed by atoms with Crippen LogP contribution in [0.25, 0.3) is 0 Å². The highest BCUT2D eigenvalue weighted by molar-refractivity contribution is 6.18. The van der Waals surface area contributed by atoms with Gasteiger partial charge < -0.3 is 10.2 Å². The van der Waals surface area contributed by atoms with Crippen molar-refractivity contribution in [1.29, 1.82) is 0 Å². The molecule has 0 spiro atoms. The summed E-state index contributed by atoms with van der Waals surface area (Å²) < 4.78 is 0. The smallest absolute Gasteiger partial charge is 0.0406 e. The van der Waals surface area contributed by atoms with E-state index in [1.807, 2.05) is 0 Å². The third kappa shape index (κ3) is 3.30. The highest BCUT2D eigenvalue weighted by atomic mass is 35.5. The van der Waals surface area contributed by atoms with Gasteiger partial charge in [-0.1, -0.05) is 0 Å². The molecule has 1 fully saturated rings. The van der Waals surface area contributed by atoms with Crippen molar-refractivity contribution in [2.24, 2.45) is 0 Å². The van der Waals surface area contributed by atoms with Gasteiger partial charge in [0.25, 0.3) is 0 Å². The fourth-order valence-corrected chi connectivity index (χ4v) is 1.62. The molecule has 0 aliphatic heterocycles. The van der Waals surface area contributed by atoms with E-state index in [9.17, 15) is 0 Å². The van der Waals surface area contributed by atoms with Crippen molar-refractivity contribution >= 4 is 11.6 Å². The summed E-state index contributed by atoms with van der Waals surface area (Å²) in [4.78, 5) is 2.21. The molecule has 0 bridgehead atoms. The number of hydrogen-bond donors (Lipinski definition) is 1. The first-order chi connectivity index (χ1) is 5.68. The van der Waals surface area contributed by atoms with Crippen molar-refractivity contribution < 1.29 is 0 Å². The van der Waals surface area contributed by atoms with Gasteiger partial charge in [0, 0.05) is 11.4 Å². The highest BCUT2D eigenvalue weighted by Crippen LogP contribution is 2.36. The molecule has 0 aromatic heterocycles. The van der Waals surface area contributed by atoms with E-state index in [2.05, 4.69) is 24.3 Å². The molecule has 1 rings (SSSR count). The molecule has 1 aliphatic carbocycles. The van der Waals surface area contributed by atoms with Crippen molar-refractivity contribution in [1.82, 2.24) is 10.2 Å². The Hall–Kier alpha value is 0.210. The molecule has 72 valence electrons. The average Bonchev–Trinajstić information content (AvgIpc) is 2.79. The standard InChI is InChI=1S/C9H19ClN2/c1-12(2)7-3-6-11-9(8-10)4-5-9/h11H,3-8H2,1-2H3. The van der Waals surface area contributed by atoms with E-state index >= 15 is 0 Å². The number of nitrogens with one attached hydrogen (secondary N) is 1. The third-order valence-corrected chi connectivity index (χ3v) is 2.90. The molecule has 1 N–H and O–H groups in total. The minimum Gasteiger partial charge on any atom is -0.310 e. The van der Waals surface area contributed by atoms with Gasteiger partial charge in [-0.05, 0) is 46.4 Å². The Morgan fingerprint density at radius 3 is 2.50 bits per heavy atom. The van der Waals surface area contributed by atoms with E-state index in [0.717, 1.165) is 19.0 Å². The van der Waals surface area contributed by atoms with E-state index in [1.54, 1.807) is 0 Å². The van der Waals surface area contributed by atoms with Gasteiger partial charge >= 0.3 is 0 Å². The first kappa shape index (κ1) is 10.3. The Balaban J connectivity index is 1.95. The molecule has 0 aromatic rings. The van der Waals surface area contributed by atoms with Crippen LogP contribution in [0.1, 0.15) is 19.3 Å². The molecular formula is C9H19ClN2. The van der Waals surface area contributed by atoms with Crippen LogP contribution in [0.2, 0.25) is 0 Å². The van der Waals surface area contributed by atoms with Gasteiger partial charge in [0.05, 0.1) is 0 Å². The first-order valence-corrected chi connectivity index (χ1v) is 5.18. The summed E-state index contributed by atoms with van der Waals surface area (Å²) in [6.07, 6.45) is 3.74. The van der Waals surface area contributed by atoms with Gasteiger partial charge in [-0.2, -0.15) is 0 Å². The summed E-state index contributed by atoms with van der Waals surface area (Å²) >= 11 is 5.82. The second-order valence-corrected chi connectivity index (χ2v) is 4.26. The van der Waals surface area contributed by atoms with Crippen LogP contribution in [-0.2, 0) is 0 Å². The quantitative estimate of drug-likeness (QED) is 0.502. The maximum atomic E-state index is 5.82. The van der Waals surface area contributed by atoms with Crippen LogP contribution in [0.5, 0.6) is 0 Å². The van der Waals surface area contributed by atoms with Crippen LogP contribution in [0.3, 0.4) is 0 Å². The summed E-state index contributed by atoms with van der Waals surface area (Å²) in [6.45, 7) is 2.26. The fraction of sp³-hybridized carbons (Fsp3) is 1.00. The first-order valence-electron chi connectivity index (χ1n) is 4.64. The fourth-order valence-electron chi connectivity index (χ4n) is 1.26. The zero-order valence-corrected chi connectivity index (χ0v) is 8.82. The van der Waals surface area contributed by atoms with E-state index in [1.165, 1.54) is 19.3 Å². The molecule has 1 saturated carbocycles. The Bertz CT molecular complexity index is 132. The second-order valence-electron chi connectivity index (χ2n) is 4.00. The lowest BCUT2D eigenvalue weighted by Gasteiger charge is -2.15. The van der Waals surface area contributed by atoms with Crippen LogP contribution >= 0.6 is 11.6 Å². The molecule has 0 saturated heterocycles. The van der Waals surface area contributed by atoms with Gasteiger partial charge in [0.2, 0.25) is 0 Å². The minimum absolute atomic E-state index is 0.327. The topological polar surface area (TPSA) is 15.3 Å². The Morgan fingerprint density at radius 2 is 2.08 bits per heavy atom. The van der Waals surface area contributed by atoms with Crippen LogP contribution in [0, 0.1) is 0 Å². The van der Waals surface area contributed by atoms with Crippen LogP contribution in [0.4, 0.5) is 0 Å².